The van der Waals surface area contributed by atoms with Crippen LogP contribution in [0.3, 0.4) is 0 Å². The monoisotopic (exact) mass is 80.1 g/mol. The first-order valence-electron chi connectivity index (χ1n) is 2.58. The third-order valence-electron chi connectivity index (χ3n) is 0.667. The van der Waals surface area contributed by atoms with Crippen molar-refractivity contribution in [3.63, 3.8) is 0 Å². The van der Waals surface area contributed by atoms with E-state index in [4.69, 9.17) is 1.37 Å². The van der Waals surface area contributed by atoms with Gasteiger partial charge < -0.3 is 0 Å². The van der Waals surface area contributed by atoms with Crippen molar-refractivity contribution in [1.29, 1.82) is 0 Å². The lowest BCUT2D eigenvalue weighted by molar-refractivity contribution is 1.34. The van der Waals surface area contributed by atoms with Crippen molar-refractivity contribution in [2.24, 2.45) is 0 Å². The zero-order chi connectivity index (χ0) is 5.11. The highest BCUT2D eigenvalue weighted by Crippen LogP contribution is 1.95. The topological polar surface area (TPSA) is 0 Å². The van der Waals surface area contributed by atoms with E-state index in [0.717, 1.165) is 0 Å². The van der Waals surface area contributed by atoms with E-state index in [1.807, 2.05) is 30.7 Å². The molecule has 0 nitrogen and oxygen atoms in total. The van der Waals surface area contributed by atoms with E-state index in [2.05, 4.69) is 0 Å². The van der Waals surface area contributed by atoms with Gasteiger partial charge in [-0.3, -0.25) is 0 Å². The molecule has 1 aliphatic rings. The standard InChI is InChI=1S/C6H7/c1-2-4-6-5-3-1/h1-5H,6H2/q+1/i6D. The second-order valence-corrected chi connectivity index (χ2v) is 1.15. The largest absolute Gasteiger partial charge is 0.0720 e. The molecule has 0 heteroatoms. The predicted octanol–water partition coefficient (Wildman–Crippen LogP) is 1.71. The van der Waals surface area contributed by atoms with Gasteiger partial charge in [-0.15, -0.1) is 0 Å². The van der Waals surface area contributed by atoms with E-state index >= 15 is 0 Å². The maximum Gasteiger partial charge on any atom is 0.0720 e. The predicted molar refractivity (Wildman–Crippen MR) is 27.2 cm³/mol. The molecule has 0 aromatic heterocycles. The Morgan fingerprint density at radius 1 is 1.50 bits per heavy atom. The summed E-state index contributed by atoms with van der Waals surface area (Å²) in [5.41, 5.74) is 0. The van der Waals surface area contributed by atoms with E-state index < -0.39 is 0 Å². The molecular formula is C6H7+. The van der Waals surface area contributed by atoms with Crippen molar-refractivity contribution >= 4 is 0 Å². The molecule has 0 aromatic rings. The Labute approximate surface area is 39.6 Å². The van der Waals surface area contributed by atoms with Crippen LogP contribution in [-0.4, -0.2) is 0 Å². The third kappa shape index (κ3) is 0.646. The fourth-order valence-electron chi connectivity index (χ4n) is 0.385. The Balaban J connectivity index is 2.49. The summed E-state index contributed by atoms with van der Waals surface area (Å²) in [5, 5.41) is 0. The Kier molecular flexibility index (Phi) is 0.714. The molecule has 0 atom stereocenters. The van der Waals surface area contributed by atoms with Crippen molar-refractivity contribution in [3.05, 3.63) is 30.7 Å². The zero-order valence-electron chi connectivity index (χ0n) is 4.46. The van der Waals surface area contributed by atoms with Gasteiger partial charge in [-0.2, -0.15) is 0 Å². The highest BCUT2D eigenvalue weighted by Gasteiger charge is 1.85. The molecule has 0 bridgehead atoms. The van der Waals surface area contributed by atoms with Crippen LogP contribution in [0.1, 0.15) is 7.77 Å². The van der Waals surface area contributed by atoms with Crippen molar-refractivity contribution < 1.29 is 1.37 Å². The summed E-state index contributed by atoms with van der Waals surface area (Å²) in [5.74, 6) is 0. The molecule has 0 amide bonds. The van der Waals surface area contributed by atoms with Crippen LogP contribution in [0.4, 0.5) is 0 Å². The lowest BCUT2D eigenvalue weighted by atomic mass is 10.2. The molecule has 1 aliphatic carbocycles. The molecule has 0 radical (unpaired) electrons. The van der Waals surface area contributed by atoms with Gasteiger partial charge in [0.1, 0.15) is 0 Å². The van der Waals surface area contributed by atoms with E-state index in [1.165, 1.54) is 0 Å². The molecule has 1 rings (SSSR count). The molecule has 0 heterocycles. The SMILES string of the molecule is [2H]C1C=C[CH+]C=C1. The number of hydrogen-bond donors (Lipinski definition) is 0. The van der Waals surface area contributed by atoms with Gasteiger partial charge in [0.25, 0.3) is 0 Å². The molecule has 0 N–H and O–H groups in total. The van der Waals surface area contributed by atoms with Crippen LogP contribution < -0.4 is 0 Å². The van der Waals surface area contributed by atoms with Gasteiger partial charge in [0.15, 0.2) is 0 Å². The van der Waals surface area contributed by atoms with Gasteiger partial charge in [-0.25, -0.2) is 0 Å². The van der Waals surface area contributed by atoms with Crippen LogP contribution in [0.5, 0.6) is 0 Å². The first kappa shape index (κ1) is 2.51. The molecule has 0 unspecified atom stereocenters. The first-order valence-corrected chi connectivity index (χ1v) is 2.00. The summed E-state index contributed by atoms with van der Waals surface area (Å²) < 4.78 is 7.08. The lowest BCUT2D eigenvalue weighted by Crippen LogP contribution is -1.67. The van der Waals surface area contributed by atoms with E-state index in [1.54, 1.807) is 0 Å². The van der Waals surface area contributed by atoms with Crippen LogP contribution in [0.2, 0.25) is 0 Å². The van der Waals surface area contributed by atoms with E-state index in [-0.39, 0.29) is 6.40 Å². The highest BCUT2D eigenvalue weighted by atomic mass is 13.8. The van der Waals surface area contributed by atoms with Gasteiger partial charge in [0.2, 0.25) is 0 Å². The van der Waals surface area contributed by atoms with Gasteiger partial charge in [-0.1, -0.05) is 0 Å². The molecule has 0 fully saturated rings. The maximum absolute atomic E-state index is 7.08. The van der Waals surface area contributed by atoms with Gasteiger partial charge in [0, 0.05) is 30.7 Å². The summed E-state index contributed by atoms with van der Waals surface area (Å²) in [6.45, 7) is 0. The van der Waals surface area contributed by atoms with Crippen LogP contribution in [0.15, 0.2) is 24.3 Å². The van der Waals surface area contributed by atoms with Crippen molar-refractivity contribution in [2.45, 2.75) is 6.40 Å². The summed E-state index contributed by atoms with van der Waals surface area (Å²) in [4.78, 5) is 0. The second kappa shape index (κ2) is 1.71. The minimum atomic E-state index is -0.106. The molecule has 0 saturated heterocycles. The number of rotatable bonds is 0. The zero-order valence-corrected chi connectivity index (χ0v) is 3.46. The van der Waals surface area contributed by atoms with Crippen LogP contribution in [0, 0.1) is 6.42 Å². The minimum Gasteiger partial charge on any atom is 0.0177 e. The average molecular weight is 80.1 g/mol. The highest BCUT2D eigenvalue weighted by molar-refractivity contribution is 5.14. The fourth-order valence-corrected chi connectivity index (χ4v) is 0.385. The smallest absolute Gasteiger partial charge is 0.0177 e. The van der Waals surface area contributed by atoms with Crippen molar-refractivity contribution in [1.82, 2.24) is 0 Å². The maximum atomic E-state index is 7.08. The average Bonchev–Trinajstić information content (AvgIpc) is 1.69. The normalized spacial score (nSPS) is 23.0. The van der Waals surface area contributed by atoms with E-state index in [9.17, 15) is 0 Å². The molecular weight excluding hydrogens is 72.1 g/mol. The summed E-state index contributed by atoms with van der Waals surface area (Å²) in [6.07, 6.45) is 9.26. The van der Waals surface area contributed by atoms with Crippen molar-refractivity contribution in [3.8, 4) is 0 Å². The summed E-state index contributed by atoms with van der Waals surface area (Å²) >= 11 is 0. The van der Waals surface area contributed by atoms with Crippen molar-refractivity contribution in [2.75, 3.05) is 0 Å². The Morgan fingerprint density at radius 3 is 2.50 bits per heavy atom. The quantitative estimate of drug-likeness (QED) is 0.388. The van der Waals surface area contributed by atoms with Gasteiger partial charge in [0.05, 0.1) is 7.77 Å². The van der Waals surface area contributed by atoms with Crippen LogP contribution in [0.25, 0.3) is 0 Å². The Morgan fingerprint density at radius 2 is 2.17 bits per heavy atom. The first-order chi connectivity index (χ1) is 3.39. The molecule has 0 spiro atoms. The Bertz CT molecular complexity index is 90.7. The third-order valence-corrected chi connectivity index (χ3v) is 0.667. The minimum absolute atomic E-state index is 0.106. The number of allylic oxidation sites excluding steroid dienone is 4. The van der Waals surface area contributed by atoms with Gasteiger partial charge >= 0.3 is 0 Å². The van der Waals surface area contributed by atoms with Crippen LogP contribution >= 0.6 is 0 Å². The van der Waals surface area contributed by atoms with Gasteiger partial charge in [-0.05, 0) is 0 Å². The summed E-state index contributed by atoms with van der Waals surface area (Å²) in [6, 6.07) is 0. The molecule has 6 heavy (non-hydrogen) atoms. The summed E-state index contributed by atoms with van der Waals surface area (Å²) in [7, 11) is 0. The number of hydrogen-bond acceptors (Lipinski definition) is 0. The Hall–Kier alpha value is -0.650. The molecule has 30 valence electrons. The molecule has 0 saturated carbocycles. The van der Waals surface area contributed by atoms with E-state index in [0.29, 0.717) is 0 Å². The van der Waals surface area contributed by atoms with Crippen LogP contribution in [-0.2, 0) is 0 Å². The second-order valence-electron chi connectivity index (χ2n) is 1.15. The molecule has 0 aromatic carbocycles. The fraction of sp³-hybridized carbons (Fsp3) is 0.167. The molecule has 0 aliphatic heterocycles. The lowest BCUT2D eigenvalue weighted by Gasteiger charge is -1.77.